The smallest absolute Gasteiger partial charge is 0.543 e. The minimum atomic E-state index is -1.42. The molecule has 0 unspecified atom stereocenters. The van der Waals surface area contributed by atoms with E-state index in [4.69, 9.17) is 0 Å². The number of carboxylic acid groups (broad SMARTS) is 1. The van der Waals surface area contributed by atoms with E-state index in [0.717, 1.165) is 0 Å². The van der Waals surface area contributed by atoms with E-state index in [9.17, 15) is 24.6 Å². The molecule has 2 aliphatic rings. The number of aliphatic hydroxyl groups is 1. The fraction of sp³-hybridized carbons (Fsp3) is 0.412. The van der Waals surface area contributed by atoms with Crippen LogP contribution in [0.3, 0.4) is 0 Å². The summed E-state index contributed by atoms with van der Waals surface area (Å²) in [5.74, 6) is -2.98. The average Bonchev–Trinajstić information content (AvgIpc) is 3.16. The number of carboxylic acids is 1. The molecule has 1 saturated heterocycles. The quantitative estimate of drug-likeness (QED) is 0.364. The molecule has 1 aromatic rings. The van der Waals surface area contributed by atoms with Crippen molar-refractivity contribution in [3.05, 3.63) is 32.1 Å². The number of β-lactam (4-membered cyclic amide) rings is 1. The number of nitrogens with one attached hydrogen (secondary N) is 1. The number of aliphatic carboxylic acids is 1. The van der Waals surface area contributed by atoms with Gasteiger partial charge in [-0.05, 0) is 18.4 Å². The van der Waals surface area contributed by atoms with Crippen molar-refractivity contribution in [3.63, 3.8) is 0 Å². The maximum atomic E-state index is 12.3. The van der Waals surface area contributed by atoms with Crippen LogP contribution in [-0.4, -0.2) is 52.0 Å². The van der Waals surface area contributed by atoms with Crippen molar-refractivity contribution in [1.82, 2.24) is 15.2 Å². The summed E-state index contributed by atoms with van der Waals surface area (Å²) in [6.45, 7) is 3.36. The molecular formula is C17H18N3NaO5S2. The van der Waals surface area contributed by atoms with Crippen LogP contribution in [0.15, 0.2) is 21.5 Å². The van der Waals surface area contributed by atoms with Crippen LogP contribution < -0.4 is 40.0 Å². The molecule has 2 amide bonds. The Morgan fingerprint density at radius 2 is 2.18 bits per heavy atom. The van der Waals surface area contributed by atoms with E-state index in [1.165, 1.54) is 42.0 Å². The number of hydrogen-bond acceptors (Lipinski definition) is 8. The van der Waals surface area contributed by atoms with Crippen molar-refractivity contribution >= 4 is 47.0 Å². The fourth-order valence-electron chi connectivity index (χ4n) is 3.50. The number of fused-ring (bicyclic) bond motifs is 1. The second kappa shape index (κ2) is 9.10. The van der Waals surface area contributed by atoms with Gasteiger partial charge in [-0.3, -0.25) is 9.59 Å². The molecule has 4 atom stereocenters. The monoisotopic (exact) mass is 431 g/mol. The minimum Gasteiger partial charge on any atom is -0.543 e. The molecule has 3 rings (SSSR count). The van der Waals surface area contributed by atoms with E-state index in [2.05, 4.69) is 10.3 Å². The number of aliphatic hydroxyl groups excluding tert-OH is 1. The summed E-state index contributed by atoms with van der Waals surface area (Å²) in [7, 11) is 1.51. The Balaban J connectivity index is 0.00000280. The summed E-state index contributed by atoms with van der Waals surface area (Å²) in [6.07, 6.45) is 0.833. The van der Waals surface area contributed by atoms with Gasteiger partial charge in [-0.2, -0.15) is 0 Å². The first-order valence-electron chi connectivity index (χ1n) is 8.25. The van der Waals surface area contributed by atoms with Crippen LogP contribution in [0.5, 0.6) is 0 Å². The van der Waals surface area contributed by atoms with Gasteiger partial charge in [-0.1, -0.05) is 18.7 Å². The molecule has 0 aliphatic carbocycles. The van der Waals surface area contributed by atoms with Crippen molar-refractivity contribution in [2.24, 2.45) is 11.8 Å². The Kier molecular flexibility index (Phi) is 7.51. The van der Waals surface area contributed by atoms with Gasteiger partial charge >= 0.3 is 29.6 Å². The van der Waals surface area contributed by atoms with Gasteiger partial charge in [0.15, 0.2) is 0 Å². The number of nitrogens with zero attached hydrogens (tertiary/aromatic N) is 2. The zero-order valence-corrected chi connectivity index (χ0v) is 19.5. The molecule has 2 aliphatic heterocycles. The first kappa shape index (κ1) is 23.1. The largest absolute Gasteiger partial charge is 1.00 e. The average molecular weight is 431 g/mol. The standard InChI is InChI=1S/C17H19N3O5S2.Na/c1-7-12-10(8(2)21)16(23)20(12)13(17(24)25)14(7)26-5-4-9-11(15(22)18-3)19-6-27-9;/h4-8,10,12,21H,1-3H3,(H,18,22)(H,24,25);/q;+1/p-1/b5-4-;/t7-,8-,10-,12-;/m1./s1. The Morgan fingerprint density at radius 3 is 2.75 bits per heavy atom. The van der Waals surface area contributed by atoms with Gasteiger partial charge in [0.25, 0.3) is 5.91 Å². The van der Waals surface area contributed by atoms with Gasteiger partial charge in [-0.25, -0.2) is 4.98 Å². The minimum absolute atomic E-state index is 0. The van der Waals surface area contributed by atoms with E-state index >= 15 is 0 Å². The van der Waals surface area contributed by atoms with E-state index in [1.807, 2.05) is 6.92 Å². The predicted molar refractivity (Wildman–Crippen MR) is 99.1 cm³/mol. The molecule has 1 aromatic heterocycles. The van der Waals surface area contributed by atoms with Crippen LogP contribution in [0.4, 0.5) is 0 Å². The topological polar surface area (TPSA) is 123 Å². The number of carbonyl (C=O) groups is 3. The Labute approximate surface area is 192 Å². The third-order valence-corrected chi connectivity index (χ3v) is 6.64. The Morgan fingerprint density at radius 1 is 1.50 bits per heavy atom. The van der Waals surface area contributed by atoms with Crippen molar-refractivity contribution in [2.45, 2.75) is 26.0 Å². The molecular weight excluding hydrogens is 413 g/mol. The molecule has 2 N–H and O–H groups in total. The van der Waals surface area contributed by atoms with Gasteiger partial charge < -0.3 is 25.2 Å². The number of rotatable bonds is 6. The summed E-state index contributed by atoms with van der Waals surface area (Å²) in [5.41, 5.74) is 1.71. The summed E-state index contributed by atoms with van der Waals surface area (Å²) < 4.78 is 0. The number of amides is 2. The molecule has 144 valence electrons. The third kappa shape index (κ3) is 3.81. The Bertz CT molecular complexity index is 867. The molecule has 28 heavy (non-hydrogen) atoms. The Hall–Kier alpha value is -1.17. The molecule has 8 nitrogen and oxygen atoms in total. The van der Waals surface area contributed by atoms with E-state index < -0.39 is 23.9 Å². The predicted octanol–water partition coefficient (Wildman–Crippen LogP) is -2.97. The maximum absolute atomic E-state index is 12.3. The molecule has 11 heteroatoms. The maximum Gasteiger partial charge on any atom is 1.00 e. The summed E-state index contributed by atoms with van der Waals surface area (Å²) in [5, 5.41) is 25.6. The zero-order valence-electron chi connectivity index (χ0n) is 15.8. The molecule has 1 fully saturated rings. The van der Waals surface area contributed by atoms with Gasteiger partial charge in [0.05, 0.1) is 40.1 Å². The van der Waals surface area contributed by atoms with Crippen LogP contribution in [0.25, 0.3) is 6.08 Å². The fourth-order valence-corrected chi connectivity index (χ4v) is 5.26. The van der Waals surface area contributed by atoms with Crippen molar-refractivity contribution in [1.29, 1.82) is 0 Å². The third-order valence-electron chi connectivity index (χ3n) is 4.75. The van der Waals surface area contributed by atoms with Gasteiger partial charge in [0, 0.05) is 17.9 Å². The van der Waals surface area contributed by atoms with Crippen LogP contribution in [0, 0.1) is 11.8 Å². The van der Waals surface area contributed by atoms with E-state index in [1.54, 1.807) is 17.0 Å². The summed E-state index contributed by atoms with van der Waals surface area (Å²) in [6, 6.07) is -0.383. The second-order valence-corrected chi connectivity index (χ2v) is 8.15. The molecule has 0 saturated carbocycles. The molecule has 0 bridgehead atoms. The summed E-state index contributed by atoms with van der Waals surface area (Å²) >= 11 is 2.46. The van der Waals surface area contributed by atoms with E-state index in [-0.39, 0.29) is 53.1 Å². The van der Waals surface area contributed by atoms with Gasteiger partial charge in [0.1, 0.15) is 5.69 Å². The second-order valence-electron chi connectivity index (χ2n) is 6.32. The molecule has 3 heterocycles. The first-order valence-corrected chi connectivity index (χ1v) is 10.0. The zero-order chi connectivity index (χ0) is 19.9. The van der Waals surface area contributed by atoms with Gasteiger partial charge in [0.2, 0.25) is 5.91 Å². The number of thioether (sulfide) groups is 1. The van der Waals surface area contributed by atoms with Gasteiger partial charge in [-0.15, -0.1) is 11.3 Å². The SMILES string of the molecule is CNC(=O)c1ncsc1/C=C\SC1=C(C(=O)[O-])N2C(=O)[C@H]([C@@H](C)O)[C@H]2[C@H]1C.[Na+]. The van der Waals surface area contributed by atoms with Crippen LogP contribution >= 0.6 is 23.1 Å². The molecule has 0 aromatic carbocycles. The normalized spacial score (nSPS) is 24.6. The van der Waals surface area contributed by atoms with Crippen LogP contribution in [0.2, 0.25) is 0 Å². The molecule has 0 radical (unpaired) electrons. The number of hydrogen-bond donors (Lipinski definition) is 2. The number of aromatic nitrogens is 1. The summed E-state index contributed by atoms with van der Waals surface area (Å²) in [4.78, 5) is 42.0. The van der Waals surface area contributed by atoms with Crippen LogP contribution in [0.1, 0.15) is 29.2 Å². The first-order chi connectivity index (χ1) is 12.8. The van der Waals surface area contributed by atoms with Crippen molar-refractivity contribution in [3.8, 4) is 0 Å². The van der Waals surface area contributed by atoms with E-state index in [0.29, 0.717) is 15.5 Å². The molecule has 0 spiro atoms. The number of thiazole rings is 1. The number of carbonyl (C=O) groups excluding carboxylic acids is 3. The van der Waals surface area contributed by atoms with Crippen molar-refractivity contribution in [2.75, 3.05) is 7.05 Å². The van der Waals surface area contributed by atoms with Crippen LogP contribution in [-0.2, 0) is 9.59 Å². The van der Waals surface area contributed by atoms with Crippen molar-refractivity contribution < 1.29 is 54.2 Å².